The lowest BCUT2D eigenvalue weighted by atomic mass is 9.92. The minimum Gasteiger partial charge on any atom is -0.316 e. The molecule has 0 radical (unpaired) electrons. The number of hydrogen-bond acceptors (Lipinski definition) is 3. The van der Waals surface area contributed by atoms with Crippen LogP contribution in [-0.4, -0.2) is 23.1 Å². The van der Waals surface area contributed by atoms with Crippen LogP contribution in [0, 0.1) is 6.92 Å². The predicted molar refractivity (Wildman–Crippen MR) is 51.6 cm³/mol. The van der Waals surface area contributed by atoms with E-state index < -0.39 is 0 Å². The summed E-state index contributed by atoms with van der Waals surface area (Å²) in [4.78, 5) is 8.30. The molecule has 2 rings (SSSR count). The van der Waals surface area contributed by atoms with Crippen molar-refractivity contribution in [2.75, 3.05) is 13.1 Å². The Bertz CT molecular complexity index is 279. The molecule has 0 bridgehead atoms. The topological polar surface area (TPSA) is 37.8 Å². The van der Waals surface area contributed by atoms with E-state index in [1.165, 1.54) is 18.4 Å². The zero-order valence-electron chi connectivity index (χ0n) is 7.95. The molecule has 1 aromatic rings. The van der Waals surface area contributed by atoms with Gasteiger partial charge in [0.05, 0.1) is 0 Å². The number of aryl methyl sites for hydroxylation is 1. The van der Waals surface area contributed by atoms with E-state index in [2.05, 4.69) is 22.2 Å². The van der Waals surface area contributed by atoms with E-state index in [1.54, 1.807) is 6.33 Å². The quantitative estimate of drug-likeness (QED) is 0.701. The molecule has 2 heterocycles. The van der Waals surface area contributed by atoms with Crippen LogP contribution in [0.5, 0.6) is 0 Å². The van der Waals surface area contributed by atoms with Gasteiger partial charge in [-0.15, -0.1) is 0 Å². The largest absolute Gasteiger partial charge is 0.316 e. The number of piperidine rings is 1. The van der Waals surface area contributed by atoms with Crippen molar-refractivity contribution < 1.29 is 0 Å². The standard InChI is InChI=1S/C10H15N3/c1-8-10(6-12-7-13-8)9-3-2-4-11-5-9/h6-7,9,11H,2-5H2,1H3. The molecule has 1 aliphatic rings. The van der Waals surface area contributed by atoms with Crippen LogP contribution in [0.2, 0.25) is 0 Å². The molecular weight excluding hydrogens is 162 g/mol. The smallest absolute Gasteiger partial charge is 0.115 e. The predicted octanol–water partition coefficient (Wildman–Crippen LogP) is 1.25. The van der Waals surface area contributed by atoms with E-state index in [9.17, 15) is 0 Å². The van der Waals surface area contributed by atoms with E-state index in [-0.39, 0.29) is 0 Å². The molecule has 1 aliphatic heterocycles. The summed E-state index contributed by atoms with van der Waals surface area (Å²) in [6.45, 7) is 4.29. The van der Waals surface area contributed by atoms with Gasteiger partial charge < -0.3 is 5.32 Å². The first kappa shape index (κ1) is 8.63. The zero-order valence-corrected chi connectivity index (χ0v) is 7.95. The van der Waals surface area contributed by atoms with Crippen LogP contribution in [0.4, 0.5) is 0 Å². The van der Waals surface area contributed by atoms with E-state index in [0.717, 1.165) is 18.8 Å². The van der Waals surface area contributed by atoms with Crippen molar-refractivity contribution in [1.82, 2.24) is 15.3 Å². The highest BCUT2D eigenvalue weighted by Crippen LogP contribution is 2.23. The molecule has 0 amide bonds. The van der Waals surface area contributed by atoms with Gasteiger partial charge in [0.1, 0.15) is 6.33 Å². The monoisotopic (exact) mass is 177 g/mol. The molecule has 1 unspecified atom stereocenters. The minimum atomic E-state index is 0.620. The Morgan fingerprint density at radius 2 is 2.46 bits per heavy atom. The first-order chi connectivity index (χ1) is 6.38. The first-order valence-electron chi connectivity index (χ1n) is 4.85. The Balaban J connectivity index is 2.18. The second kappa shape index (κ2) is 3.83. The van der Waals surface area contributed by atoms with Crippen molar-refractivity contribution in [3.8, 4) is 0 Å². The summed E-state index contributed by atoms with van der Waals surface area (Å²) >= 11 is 0. The molecule has 0 aromatic carbocycles. The van der Waals surface area contributed by atoms with Gasteiger partial charge in [-0.3, -0.25) is 0 Å². The zero-order chi connectivity index (χ0) is 9.10. The Morgan fingerprint density at radius 1 is 1.54 bits per heavy atom. The fourth-order valence-corrected chi connectivity index (χ4v) is 1.92. The fourth-order valence-electron chi connectivity index (χ4n) is 1.92. The Hall–Kier alpha value is -0.960. The summed E-state index contributed by atoms with van der Waals surface area (Å²) < 4.78 is 0. The SMILES string of the molecule is Cc1ncncc1C1CCCNC1. The van der Waals surface area contributed by atoms with E-state index in [1.807, 2.05) is 6.20 Å². The molecule has 1 atom stereocenters. The number of aromatic nitrogens is 2. The molecule has 1 N–H and O–H groups in total. The fraction of sp³-hybridized carbons (Fsp3) is 0.600. The molecule has 3 nitrogen and oxygen atoms in total. The third-order valence-corrected chi connectivity index (χ3v) is 2.69. The van der Waals surface area contributed by atoms with Crippen LogP contribution < -0.4 is 5.32 Å². The highest BCUT2D eigenvalue weighted by atomic mass is 14.9. The van der Waals surface area contributed by atoms with Gasteiger partial charge in [0.25, 0.3) is 0 Å². The average molecular weight is 177 g/mol. The maximum absolute atomic E-state index is 4.22. The van der Waals surface area contributed by atoms with Gasteiger partial charge in [-0.2, -0.15) is 0 Å². The molecule has 0 spiro atoms. The van der Waals surface area contributed by atoms with E-state index in [0.29, 0.717) is 5.92 Å². The van der Waals surface area contributed by atoms with Gasteiger partial charge in [0.15, 0.2) is 0 Å². The summed E-state index contributed by atoms with van der Waals surface area (Å²) in [6, 6.07) is 0. The molecule has 3 heteroatoms. The Morgan fingerprint density at radius 3 is 3.15 bits per heavy atom. The van der Waals surface area contributed by atoms with Crippen molar-refractivity contribution in [3.05, 3.63) is 23.8 Å². The molecular formula is C10H15N3. The van der Waals surface area contributed by atoms with Crippen LogP contribution in [0.3, 0.4) is 0 Å². The molecule has 1 aromatic heterocycles. The third kappa shape index (κ3) is 1.86. The van der Waals surface area contributed by atoms with Gasteiger partial charge in [0.2, 0.25) is 0 Å². The number of rotatable bonds is 1. The van der Waals surface area contributed by atoms with Crippen LogP contribution in [0.25, 0.3) is 0 Å². The van der Waals surface area contributed by atoms with Gasteiger partial charge >= 0.3 is 0 Å². The van der Waals surface area contributed by atoms with Gasteiger partial charge in [-0.25, -0.2) is 9.97 Å². The van der Waals surface area contributed by atoms with Crippen LogP contribution in [0.15, 0.2) is 12.5 Å². The molecule has 0 saturated carbocycles. The summed E-state index contributed by atoms with van der Waals surface area (Å²) in [5.74, 6) is 0.620. The molecule has 1 saturated heterocycles. The average Bonchev–Trinajstić information content (AvgIpc) is 2.20. The van der Waals surface area contributed by atoms with Crippen molar-refractivity contribution in [1.29, 1.82) is 0 Å². The van der Waals surface area contributed by atoms with Crippen molar-refractivity contribution in [3.63, 3.8) is 0 Å². The van der Waals surface area contributed by atoms with E-state index in [4.69, 9.17) is 0 Å². The van der Waals surface area contributed by atoms with E-state index >= 15 is 0 Å². The summed E-state index contributed by atoms with van der Waals surface area (Å²) in [7, 11) is 0. The lowest BCUT2D eigenvalue weighted by Crippen LogP contribution is -2.28. The maximum atomic E-state index is 4.22. The van der Waals surface area contributed by atoms with Gasteiger partial charge in [-0.1, -0.05) is 0 Å². The summed E-state index contributed by atoms with van der Waals surface area (Å²) in [5.41, 5.74) is 2.44. The first-order valence-corrected chi connectivity index (χ1v) is 4.85. The molecule has 1 fully saturated rings. The lowest BCUT2D eigenvalue weighted by molar-refractivity contribution is 0.458. The Labute approximate surface area is 78.6 Å². The highest BCUT2D eigenvalue weighted by Gasteiger charge is 2.17. The number of nitrogens with zero attached hydrogens (tertiary/aromatic N) is 2. The molecule has 70 valence electrons. The second-order valence-corrected chi connectivity index (χ2v) is 3.61. The number of nitrogens with one attached hydrogen (secondary N) is 1. The molecule has 13 heavy (non-hydrogen) atoms. The van der Waals surface area contributed by atoms with Crippen molar-refractivity contribution >= 4 is 0 Å². The number of hydrogen-bond donors (Lipinski definition) is 1. The summed E-state index contributed by atoms with van der Waals surface area (Å²) in [5, 5.41) is 3.40. The van der Waals surface area contributed by atoms with Crippen molar-refractivity contribution in [2.45, 2.75) is 25.7 Å². The normalized spacial score (nSPS) is 23.0. The maximum Gasteiger partial charge on any atom is 0.115 e. The Kier molecular flexibility index (Phi) is 2.54. The summed E-state index contributed by atoms with van der Waals surface area (Å²) in [6.07, 6.45) is 6.11. The van der Waals surface area contributed by atoms with Crippen LogP contribution in [-0.2, 0) is 0 Å². The highest BCUT2D eigenvalue weighted by molar-refractivity contribution is 5.20. The molecule has 0 aliphatic carbocycles. The second-order valence-electron chi connectivity index (χ2n) is 3.61. The van der Waals surface area contributed by atoms with Gasteiger partial charge in [0, 0.05) is 18.4 Å². The van der Waals surface area contributed by atoms with Crippen LogP contribution >= 0.6 is 0 Å². The van der Waals surface area contributed by atoms with Crippen molar-refractivity contribution in [2.24, 2.45) is 0 Å². The van der Waals surface area contributed by atoms with Gasteiger partial charge in [-0.05, 0) is 37.8 Å². The third-order valence-electron chi connectivity index (χ3n) is 2.69. The minimum absolute atomic E-state index is 0.620. The van der Waals surface area contributed by atoms with Crippen LogP contribution in [0.1, 0.15) is 30.0 Å². The lowest BCUT2D eigenvalue weighted by Gasteiger charge is -2.23.